The summed E-state index contributed by atoms with van der Waals surface area (Å²) < 4.78 is 25.3. The summed E-state index contributed by atoms with van der Waals surface area (Å²) in [5.41, 5.74) is -0.529. The largest absolute Gasteiger partial charge is 0.342 e. The minimum Gasteiger partial charge on any atom is -0.342 e. The van der Waals surface area contributed by atoms with Gasteiger partial charge in [-0.25, -0.2) is 13.2 Å². The molecule has 3 amide bonds. The standard InChI is InChI=1S/C13H24N4O4S/c1-4-15-8-13(7-11(15)18)9-16(12(19)14-2)5-6-17(10-13)22(3,20)21/h4-10H2,1-3H3,(H,14,19). The lowest BCUT2D eigenvalue weighted by Gasteiger charge is -2.32. The van der Waals surface area contributed by atoms with E-state index in [1.165, 1.54) is 10.6 Å². The number of nitrogens with one attached hydrogen (secondary N) is 1. The van der Waals surface area contributed by atoms with Gasteiger partial charge in [0, 0.05) is 58.2 Å². The van der Waals surface area contributed by atoms with Crippen LogP contribution < -0.4 is 5.32 Å². The molecule has 1 spiro atoms. The number of urea groups is 1. The first-order valence-electron chi connectivity index (χ1n) is 7.40. The van der Waals surface area contributed by atoms with E-state index in [1.807, 2.05) is 6.92 Å². The van der Waals surface area contributed by atoms with Gasteiger partial charge in [-0.1, -0.05) is 0 Å². The van der Waals surface area contributed by atoms with Crippen LogP contribution in [0.5, 0.6) is 0 Å². The number of amides is 3. The van der Waals surface area contributed by atoms with Gasteiger partial charge in [-0.2, -0.15) is 4.31 Å². The Morgan fingerprint density at radius 3 is 2.45 bits per heavy atom. The number of hydrogen-bond donors (Lipinski definition) is 1. The van der Waals surface area contributed by atoms with Crippen molar-refractivity contribution < 1.29 is 18.0 Å². The molecule has 2 rings (SSSR count). The summed E-state index contributed by atoms with van der Waals surface area (Å²) in [6, 6.07) is -0.239. The number of rotatable bonds is 2. The highest BCUT2D eigenvalue weighted by Gasteiger charge is 2.48. The Bertz CT molecular complexity index is 564. The molecule has 2 fully saturated rings. The lowest BCUT2D eigenvalue weighted by molar-refractivity contribution is -0.127. The average molecular weight is 332 g/mol. The lowest BCUT2D eigenvalue weighted by atomic mass is 9.86. The first kappa shape index (κ1) is 17.0. The minimum absolute atomic E-state index is 0.0229. The zero-order valence-corrected chi connectivity index (χ0v) is 14.1. The second kappa shape index (κ2) is 6.04. The third-order valence-corrected chi connectivity index (χ3v) is 5.66. The molecule has 0 radical (unpaired) electrons. The maximum Gasteiger partial charge on any atom is 0.317 e. The van der Waals surface area contributed by atoms with Crippen molar-refractivity contribution in [3.05, 3.63) is 0 Å². The van der Waals surface area contributed by atoms with Gasteiger partial charge < -0.3 is 15.1 Å². The molecule has 0 aromatic carbocycles. The molecule has 2 saturated heterocycles. The van der Waals surface area contributed by atoms with Crippen molar-refractivity contribution in [2.24, 2.45) is 5.41 Å². The zero-order chi connectivity index (χ0) is 16.5. The monoisotopic (exact) mass is 332 g/mol. The van der Waals surface area contributed by atoms with E-state index in [4.69, 9.17) is 0 Å². The highest BCUT2D eigenvalue weighted by molar-refractivity contribution is 7.88. The molecule has 2 aliphatic heterocycles. The van der Waals surface area contributed by atoms with Gasteiger partial charge in [-0.05, 0) is 6.92 Å². The summed E-state index contributed by atoms with van der Waals surface area (Å²) in [6.45, 7) is 4.24. The number of sulfonamides is 1. The summed E-state index contributed by atoms with van der Waals surface area (Å²) in [5.74, 6) is 0.0229. The van der Waals surface area contributed by atoms with Gasteiger partial charge >= 0.3 is 6.03 Å². The smallest absolute Gasteiger partial charge is 0.317 e. The maximum absolute atomic E-state index is 12.1. The predicted octanol–water partition coefficient (Wildman–Crippen LogP) is -0.858. The summed E-state index contributed by atoms with van der Waals surface area (Å²) in [5, 5.41) is 2.58. The molecule has 0 aromatic rings. The molecule has 1 N–H and O–H groups in total. The van der Waals surface area contributed by atoms with Crippen molar-refractivity contribution in [2.75, 3.05) is 52.6 Å². The average Bonchev–Trinajstić information content (AvgIpc) is 2.63. The highest BCUT2D eigenvalue weighted by atomic mass is 32.2. The molecule has 0 aliphatic carbocycles. The zero-order valence-electron chi connectivity index (χ0n) is 13.3. The van der Waals surface area contributed by atoms with E-state index in [0.717, 1.165) is 0 Å². The summed E-state index contributed by atoms with van der Waals surface area (Å²) >= 11 is 0. The van der Waals surface area contributed by atoms with Crippen molar-refractivity contribution in [1.29, 1.82) is 0 Å². The third-order valence-electron chi connectivity index (χ3n) is 4.41. The van der Waals surface area contributed by atoms with Gasteiger partial charge in [0.2, 0.25) is 15.9 Å². The molecule has 0 saturated carbocycles. The van der Waals surface area contributed by atoms with E-state index in [1.54, 1.807) is 16.8 Å². The van der Waals surface area contributed by atoms with E-state index >= 15 is 0 Å². The van der Waals surface area contributed by atoms with Crippen LogP contribution in [0.1, 0.15) is 13.3 Å². The second-order valence-electron chi connectivity index (χ2n) is 6.16. The first-order valence-corrected chi connectivity index (χ1v) is 9.25. The molecule has 2 heterocycles. The fourth-order valence-corrected chi connectivity index (χ4v) is 4.24. The number of carbonyl (C=O) groups is 2. The van der Waals surface area contributed by atoms with Crippen LogP contribution in [0.3, 0.4) is 0 Å². The molecule has 1 unspecified atom stereocenters. The Kier molecular flexibility index (Phi) is 4.67. The molecule has 9 heteroatoms. The Morgan fingerprint density at radius 2 is 1.95 bits per heavy atom. The third kappa shape index (κ3) is 3.35. The van der Waals surface area contributed by atoms with E-state index in [-0.39, 0.29) is 31.4 Å². The maximum atomic E-state index is 12.1. The van der Waals surface area contributed by atoms with E-state index < -0.39 is 15.4 Å². The first-order chi connectivity index (χ1) is 10.2. The van der Waals surface area contributed by atoms with Gasteiger partial charge in [0.15, 0.2) is 0 Å². The Morgan fingerprint density at radius 1 is 1.27 bits per heavy atom. The van der Waals surface area contributed by atoms with Crippen molar-refractivity contribution in [2.45, 2.75) is 13.3 Å². The number of likely N-dealkylation sites (tertiary alicyclic amines) is 1. The van der Waals surface area contributed by atoms with Gasteiger partial charge in [0.1, 0.15) is 0 Å². The van der Waals surface area contributed by atoms with Gasteiger partial charge in [-0.3, -0.25) is 4.79 Å². The molecule has 2 aliphatic rings. The Labute approximate surface area is 131 Å². The van der Waals surface area contributed by atoms with Gasteiger partial charge in [0.05, 0.1) is 6.26 Å². The summed E-state index contributed by atoms with van der Waals surface area (Å²) in [7, 11) is -1.82. The second-order valence-corrected chi connectivity index (χ2v) is 8.14. The van der Waals surface area contributed by atoms with Crippen molar-refractivity contribution >= 4 is 22.0 Å². The Balaban J connectivity index is 2.32. The summed E-state index contributed by atoms with van der Waals surface area (Å²) in [4.78, 5) is 27.5. The minimum atomic E-state index is -3.37. The molecule has 0 bridgehead atoms. The molecule has 0 aromatic heterocycles. The van der Waals surface area contributed by atoms with Crippen molar-refractivity contribution in [3.63, 3.8) is 0 Å². The molecule has 8 nitrogen and oxygen atoms in total. The number of carbonyl (C=O) groups excluding carboxylic acids is 2. The van der Waals surface area contributed by atoms with Crippen LogP contribution in [-0.4, -0.2) is 87.0 Å². The lowest BCUT2D eigenvalue weighted by Crippen LogP contribution is -2.47. The normalized spacial score (nSPS) is 27.3. The van der Waals surface area contributed by atoms with E-state index in [9.17, 15) is 18.0 Å². The predicted molar refractivity (Wildman–Crippen MR) is 81.7 cm³/mol. The highest BCUT2D eigenvalue weighted by Crippen LogP contribution is 2.35. The van der Waals surface area contributed by atoms with Gasteiger partial charge in [-0.15, -0.1) is 0 Å². The van der Waals surface area contributed by atoms with Crippen LogP contribution in [0.2, 0.25) is 0 Å². The molecule has 126 valence electrons. The van der Waals surface area contributed by atoms with Crippen LogP contribution in [0.25, 0.3) is 0 Å². The Hall–Kier alpha value is -1.35. The van der Waals surface area contributed by atoms with Crippen LogP contribution in [-0.2, 0) is 14.8 Å². The van der Waals surface area contributed by atoms with Crippen molar-refractivity contribution in [1.82, 2.24) is 19.4 Å². The quantitative estimate of drug-likeness (QED) is 0.713. The fraction of sp³-hybridized carbons (Fsp3) is 0.846. The van der Waals surface area contributed by atoms with E-state index in [0.29, 0.717) is 26.2 Å². The van der Waals surface area contributed by atoms with E-state index in [2.05, 4.69) is 5.32 Å². The molecular formula is C13H24N4O4S. The number of hydrogen-bond acceptors (Lipinski definition) is 4. The molecular weight excluding hydrogens is 308 g/mol. The van der Waals surface area contributed by atoms with Crippen LogP contribution >= 0.6 is 0 Å². The van der Waals surface area contributed by atoms with Crippen LogP contribution in [0.4, 0.5) is 4.79 Å². The van der Waals surface area contributed by atoms with Crippen LogP contribution in [0, 0.1) is 5.41 Å². The fourth-order valence-electron chi connectivity index (χ4n) is 3.32. The molecule has 22 heavy (non-hydrogen) atoms. The number of nitrogens with zero attached hydrogens (tertiary/aromatic N) is 3. The van der Waals surface area contributed by atoms with Gasteiger partial charge in [0.25, 0.3) is 0 Å². The molecule has 1 atom stereocenters. The SMILES string of the molecule is CCN1CC2(CC1=O)CN(C(=O)NC)CCN(S(C)(=O)=O)C2. The summed E-state index contributed by atoms with van der Waals surface area (Å²) in [6.07, 6.45) is 1.45. The van der Waals surface area contributed by atoms with Crippen LogP contribution in [0.15, 0.2) is 0 Å². The topological polar surface area (TPSA) is 90.0 Å². The van der Waals surface area contributed by atoms with Crippen molar-refractivity contribution in [3.8, 4) is 0 Å².